The maximum atomic E-state index is 11.1. The minimum atomic E-state index is -0.824. The molecule has 0 unspecified atom stereocenters. The summed E-state index contributed by atoms with van der Waals surface area (Å²) in [5.41, 5.74) is 16.5. The Kier molecular flexibility index (Phi) is 4.34. The number of aryl methyl sites for hydroxylation is 1. The molecule has 27 heavy (non-hydrogen) atoms. The number of rotatable bonds is 4. The number of hydrogen-bond acceptors (Lipinski definition) is 5. The molecule has 0 aliphatic carbocycles. The molecule has 0 saturated carbocycles. The van der Waals surface area contributed by atoms with E-state index in [4.69, 9.17) is 16.6 Å². The standard InChI is InChI=1S/C19H16IN5O2/c20-15-13(10-4-2-1-3-9(10)5-6-12(26)27)16-11(7-8-23-16)14-17(15)24-19(22)25-18(14)21/h1-4,7-8H,5-6,21H2,(H,26,27)(H3,22,24,25). The van der Waals surface area contributed by atoms with E-state index in [0.29, 0.717) is 12.2 Å². The Morgan fingerprint density at radius 2 is 2.00 bits per heavy atom. The van der Waals surface area contributed by atoms with Crippen molar-refractivity contribution < 1.29 is 9.90 Å². The highest BCUT2D eigenvalue weighted by atomic mass is 127. The van der Waals surface area contributed by atoms with Crippen LogP contribution in [0.4, 0.5) is 11.8 Å². The maximum absolute atomic E-state index is 11.1. The SMILES string of the molecule is Nc1nc(N)c2c([nH]1)c(I)c(-c1ccccc1CCC(=O)O)c1nccc12. The molecule has 0 saturated heterocycles. The number of nitrogens with one attached hydrogen (secondary N) is 1. The summed E-state index contributed by atoms with van der Waals surface area (Å²) in [6, 6.07) is 9.69. The highest BCUT2D eigenvalue weighted by Crippen LogP contribution is 2.41. The number of aromatic nitrogens is 3. The first-order valence-corrected chi connectivity index (χ1v) is 9.36. The van der Waals surface area contributed by atoms with Crippen LogP contribution in [0.3, 0.4) is 0 Å². The molecule has 4 rings (SSSR count). The van der Waals surface area contributed by atoms with E-state index in [1.165, 1.54) is 0 Å². The van der Waals surface area contributed by atoms with Crippen molar-refractivity contribution in [3.63, 3.8) is 0 Å². The first-order chi connectivity index (χ1) is 13.0. The molecule has 0 radical (unpaired) electrons. The number of nitrogens with two attached hydrogens (primary N) is 2. The van der Waals surface area contributed by atoms with E-state index >= 15 is 0 Å². The van der Waals surface area contributed by atoms with Crippen molar-refractivity contribution in [3.8, 4) is 11.1 Å². The first kappa shape index (κ1) is 17.5. The van der Waals surface area contributed by atoms with Crippen molar-refractivity contribution in [1.82, 2.24) is 15.0 Å². The fourth-order valence-corrected chi connectivity index (χ4v) is 4.35. The van der Waals surface area contributed by atoms with Crippen LogP contribution in [0.5, 0.6) is 0 Å². The van der Waals surface area contributed by atoms with Crippen molar-refractivity contribution in [2.75, 3.05) is 11.5 Å². The summed E-state index contributed by atoms with van der Waals surface area (Å²) in [4.78, 5) is 22.9. The van der Waals surface area contributed by atoms with Crippen LogP contribution in [0.25, 0.3) is 32.9 Å². The summed E-state index contributed by atoms with van der Waals surface area (Å²) in [5, 5.41) is 10.7. The third kappa shape index (κ3) is 2.95. The van der Waals surface area contributed by atoms with Gasteiger partial charge >= 0.3 is 5.97 Å². The van der Waals surface area contributed by atoms with Crippen LogP contribution < -0.4 is 11.5 Å². The van der Waals surface area contributed by atoms with Crippen LogP contribution in [-0.2, 0) is 11.2 Å². The number of aliphatic carboxylic acids is 1. The molecule has 6 N–H and O–H groups in total. The van der Waals surface area contributed by atoms with Crippen molar-refractivity contribution in [2.45, 2.75) is 12.8 Å². The van der Waals surface area contributed by atoms with E-state index in [1.54, 1.807) is 6.20 Å². The molecule has 136 valence electrons. The molecule has 0 bridgehead atoms. The van der Waals surface area contributed by atoms with Gasteiger partial charge in [-0.05, 0) is 46.2 Å². The summed E-state index contributed by atoms with van der Waals surface area (Å²) < 4.78 is 0.914. The Balaban J connectivity index is 2.07. The number of halogens is 1. The molecule has 2 aromatic heterocycles. The van der Waals surface area contributed by atoms with Crippen LogP contribution in [0, 0.1) is 3.57 Å². The Bertz CT molecular complexity index is 1200. The molecule has 0 fully saturated rings. The van der Waals surface area contributed by atoms with Gasteiger partial charge in [0.1, 0.15) is 5.82 Å². The molecule has 2 aromatic carbocycles. The molecular formula is C19H16IN5O2. The van der Waals surface area contributed by atoms with Crippen LogP contribution in [0.2, 0.25) is 0 Å². The van der Waals surface area contributed by atoms with Gasteiger partial charge in [0.15, 0.2) is 5.95 Å². The number of carboxylic acid groups (broad SMARTS) is 1. The average molecular weight is 473 g/mol. The largest absolute Gasteiger partial charge is 0.481 e. The lowest BCUT2D eigenvalue weighted by Crippen LogP contribution is -2.04. The quantitative estimate of drug-likeness (QED) is 0.336. The Labute approximate surface area is 167 Å². The van der Waals surface area contributed by atoms with Crippen LogP contribution >= 0.6 is 22.6 Å². The molecule has 8 heteroatoms. The lowest BCUT2D eigenvalue weighted by molar-refractivity contribution is -0.136. The summed E-state index contributed by atoms with van der Waals surface area (Å²) in [6.45, 7) is 0. The second-order valence-electron chi connectivity index (χ2n) is 6.20. The van der Waals surface area contributed by atoms with Crippen LogP contribution in [0.1, 0.15) is 12.0 Å². The summed E-state index contributed by atoms with van der Waals surface area (Å²) >= 11 is 2.25. The third-order valence-corrected chi connectivity index (χ3v) is 5.62. The second-order valence-corrected chi connectivity index (χ2v) is 7.28. The van der Waals surface area contributed by atoms with E-state index in [9.17, 15) is 4.79 Å². The van der Waals surface area contributed by atoms with E-state index in [0.717, 1.165) is 42.1 Å². The number of carbonyl (C=O) groups is 1. The molecule has 0 spiro atoms. The summed E-state index contributed by atoms with van der Waals surface area (Å²) in [7, 11) is 0. The molecular weight excluding hydrogens is 457 g/mol. The van der Waals surface area contributed by atoms with Gasteiger partial charge in [-0.1, -0.05) is 24.3 Å². The fourth-order valence-electron chi connectivity index (χ4n) is 3.40. The number of benzene rings is 2. The van der Waals surface area contributed by atoms with Crippen molar-refractivity contribution >= 4 is 62.1 Å². The van der Waals surface area contributed by atoms with Gasteiger partial charge in [0.2, 0.25) is 0 Å². The molecule has 0 atom stereocenters. The minimum absolute atomic E-state index is 0.0642. The molecule has 0 amide bonds. The Hall–Kier alpha value is -2.88. The smallest absolute Gasteiger partial charge is 0.303 e. The zero-order chi connectivity index (χ0) is 19.1. The average Bonchev–Trinajstić information content (AvgIpc) is 3.09. The topological polar surface area (TPSA) is 131 Å². The zero-order valence-electron chi connectivity index (χ0n) is 14.2. The van der Waals surface area contributed by atoms with E-state index < -0.39 is 5.97 Å². The van der Waals surface area contributed by atoms with Gasteiger partial charge in [-0.2, -0.15) is 4.98 Å². The van der Waals surface area contributed by atoms with Gasteiger partial charge in [0, 0.05) is 27.1 Å². The van der Waals surface area contributed by atoms with E-state index in [2.05, 4.69) is 37.5 Å². The number of fused-ring (bicyclic) bond motifs is 3. The number of aromatic amines is 1. The third-order valence-electron chi connectivity index (χ3n) is 4.54. The lowest BCUT2D eigenvalue weighted by Gasteiger charge is -2.15. The monoisotopic (exact) mass is 473 g/mol. The normalized spacial score (nSPS) is 11.3. The fraction of sp³-hybridized carbons (Fsp3) is 0.105. The van der Waals surface area contributed by atoms with Gasteiger partial charge < -0.3 is 21.6 Å². The lowest BCUT2D eigenvalue weighted by atomic mass is 9.94. The predicted octanol–water partition coefficient (Wildman–Crippen LogP) is 3.56. The molecule has 0 aliphatic rings. The number of nitrogens with zero attached hydrogens (tertiary/aromatic N) is 2. The highest BCUT2D eigenvalue weighted by Gasteiger charge is 2.20. The van der Waals surface area contributed by atoms with Crippen molar-refractivity contribution in [2.24, 2.45) is 0 Å². The number of anilines is 2. The minimum Gasteiger partial charge on any atom is -0.481 e. The Morgan fingerprint density at radius 1 is 1.22 bits per heavy atom. The first-order valence-electron chi connectivity index (χ1n) is 8.28. The number of H-pyrrole nitrogens is 1. The maximum Gasteiger partial charge on any atom is 0.303 e. The predicted molar refractivity (Wildman–Crippen MR) is 114 cm³/mol. The highest BCUT2D eigenvalue weighted by molar-refractivity contribution is 14.1. The van der Waals surface area contributed by atoms with E-state index in [-0.39, 0.29) is 12.4 Å². The second kappa shape index (κ2) is 6.69. The van der Waals surface area contributed by atoms with Crippen molar-refractivity contribution in [3.05, 3.63) is 45.7 Å². The summed E-state index contributed by atoms with van der Waals surface area (Å²) in [5.74, 6) is -0.237. The molecule has 7 nitrogen and oxygen atoms in total. The molecule has 2 heterocycles. The summed E-state index contributed by atoms with van der Waals surface area (Å²) in [6.07, 6.45) is 2.24. The Morgan fingerprint density at radius 3 is 2.78 bits per heavy atom. The van der Waals surface area contributed by atoms with Gasteiger partial charge in [0.05, 0.1) is 16.4 Å². The van der Waals surface area contributed by atoms with Gasteiger partial charge in [-0.25, -0.2) is 0 Å². The van der Waals surface area contributed by atoms with Gasteiger partial charge in [-0.15, -0.1) is 0 Å². The van der Waals surface area contributed by atoms with Crippen LogP contribution in [0.15, 0.2) is 36.5 Å². The van der Waals surface area contributed by atoms with Crippen molar-refractivity contribution in [1.29, 1.82) is 0 Å². The molecule has 0 aliphatic heterocycles. The number of hydrogen-bond donors (Lipinski definition) is 4. The molecule has 4 aromatic rings. The van der Waals surface area contributed by atoms with Gasteiger partial charge in [-0.3, -0.25) is 9.78 Å². The van der Waals surface area contributed by atoms with E-state index in [1.807, 2.05) is 30.3 Å². The number of nitrogen functional groups attached to an aromatic ring is 2. The van der Waals surface area contributed by atoms with Gasteiger partial charge in [0.25, 0.3) is 0 Å². The van der Waals surface area contributed by atoms with Crippen LogP contribution in [-0.4, -0.2) is 26.0 Å². The zero-order valence-corrected chi connectivity index (χ0v) is 16.3. The number of carboxylic acids is 1.